The van der Waals surface area contributed by atoms with Crippen molar-refractivity contribution in [1.29, 1.82) is 5.26 Å². The molecule has 11 nitrogen and oxygen atoms in total. The van der Waals surface area contributed by atoms with Gasteiger partial charge in [-0.2, -0.15) is 10.2 Å². The second-order valence-corrected chi connectivity index (χ2v) is 15.5. The first kappa shape index (κ1) is 31.7. The number of amides is 1. The van der Waals surface area contributed by atoms with Gasteiger partial charge in [0.1, 0.15) is 17.6 Å². The minimum absolute atomic E-state index is 0.0524. The van der Waals surface area contributed by atoms with Crippen LogP contribution in [0.5, 0.6) is 5.88 Å². The summed E-state index contributed by atoms with van der Waals surface area (Å²) < 4.78 is 15.0. The molecule has 1 amide bonds. The monoisotopic (exact) mass is 700 g/mol. The Bertz CT molecular complexity index is 2200. The molecule has 2 saturated heterocycles. The maximum Gasteiger partial charge on any atom is 0.512 e. The number of benzene rings is 2. The minimum Gasteiger partial charge on any atom is -0.449 e. The number of carbonyl (C=O) groups is 2. The number of nitrogens with one attached hydrogen (secondary N) is 1. The molecule has 2 aliphatic carbocycles. The Morgan fingerprint density at radius 3 is 2.67 bits per heavy atom. The number of pyridine rings is 1. The van der Waals surface area contributed by atoms with Crippen LogP contribution in [-0.4, -0.2) is 50.0 Å². The van der Waals surface area contributed by atoms with Crippen molar-refractivity contribution in [3.63, 3.8) is 0 Å². The molecule has 4 bridgehead atoms. The van der Waals surface area contributed by atoms with Gasteiger partial charge in [0.05, 0.1) is 28.5 Å². The molecule has 258 valence electrons. The highest BCUT2D eigenvalue weighted by atomic mass is 32.1. The van der Waals surface area contributed by atoms with Gasteiger partial charge in [-0.25, -0.2) is 9.78 Å². The highest BCUT2D eigenvalue weighted by Crippen LogP contribution is 2.54. The normalized spacial score (nSPS) is 23.2. The standard InChI is InChI=1S/C39H36N6O5S/c1-22-30(16-26(19-40)45(22)21-39-17-23-13-24(18-39)15-27(14-23)50-39)29-9-10-34(42-36(29)49-38(47)48)44-12-11-25-5-4-6-28(31(25)20-44)35(46)43-37-41-32-7-2-3-8-33(32)51-37/h2-10,16,23-24,27H,11-15,17-18,20-21H2,1H3,(H,47,48)(H,41,43,46). The van der Waals surface area contributed by atoms with E-state index in [1.54, 1.807) is 6.07 Å². The van der Waals surface area contributed by atoms with Crippen molar-refractivity contribution in [2.75, 3.05) is 16.8 Å². The van der Waals surface area contributed by atoms with E-state index in [4.69, 9.17) is 14.5 Å². The number of nitrogens with zero attached hydrogens (tertiary/aromatic N) is 5. The number of para-hydroxylation sites is 1. The molecule has 3 aromatic heterocycles. The first-order valence-corrected chi connectivity index (χ1v) is 18.3. The van der Waals surface area contributed by atoms with Gasteiger partial charge in [0.2, 0.25) is 5.88 Å². The Labute approximate surface area is 298 Å². The molecule has 3 aliphatic heterocycles. The van der Waals surface area contributed by atoms with Gasteiger partial charge >= 0.3 is 6.16 Å². The fourth-order valence-corrected chi connectivity index (χ4v) is 10.1. The number of carbonyl (C=O) groups excluding carboxylic acids is 1. The van der Waals surface area contributed by atoms with Gasteiger partial charge in [0.25, 0.3) is 5.91 Å². The maximum absolute atomic E-state index is 13.6. The van der Waals surface area contributed by atoms with Crippen LogP contribution in [0, 0.1) is 30.1 Å². The zero-order chi connectivity index (χ0) is 34.9. The van der Waals surface area contributed by atoms with Crippen molar-refractivity contribution in [3.05, 3.63) is 88.7 Å². The van der Waals surface area contributed by atoms with E-state index in [0.717, 1.165) is 52.7 Å². The molecule has 6 heterocycles. The number of ether oxygens (including phenoxy) is 2. The lowest BCUT2D eigenvalue weighted by Crippen LogP contribution is -2.56. The van der Waals surface area contributed by atoms with Gasteiger partial charge in [-0.05, 0) is 105 Å². The molecule has 0 spiro atoms. The Balaban J connectivity index is 1.00. The van der Waals surface area contributed by atoms with Gasteiger partial charge in [0.15, 0.2) is 5.13 Å². The predicted molar refractivity (Wildman–Crippen MR) is 192 cm³/mol. The van der Waals surface area contributed by atoms with Gasteiger partial charge in [-0.3, -0.25) is 10.1 Å². The average molecular weight is 701 g/mol. The average Bonchev–Trinajstić information content (AvgIpc) is 3.66. The molecule has 2 aromatic carbocycles. The first-order chi connectivity index (χ1) is 24.7. The van der Waals surface area contributed by atoms with Crippen molar-refractivity contribution in [2.24, 2.45) is 11.8 Å². The molecule has 5 aliphatic rings. The summed E-state index contributed by atoms with van der Waals surface area (Å²) >= 11 is 1.43. The molecule has 2 atom stereocenters. The van der Waals surface area contributed by atoms with Gasteiger partial charge in [-0.15, -0.1) is 0 Å². The third-order valence-corrected chi connectivity index (χ3v) is 12.2. The van der Waals surface area contributed by atoms with Crippen molar-refractivity contribution in [3.8, 4) is 23.1 Å². The van der Waals surface area contributed by atoms with Crippen LogP contribution in [0.1, 0.15) is 65.0 Å². The second kappa shape index (κ2) is 12.2. The zero-order valence-electron chi connectivity index (χ0n) is 28.1. The summed E-state index contributed by atoms with van der Waals surface area (Å²) in [5.74, 6) is 1.59. The number of fused-ring (bicyclic) bond motifs is 2. The van der Waals surface area contributed by atoms with Crippen molar-refractivity contribution in [1.82, 2.24) is 14.5 Å². The lowest BCUT2D eigenvalue weighted by molar-refractivity contribution is -0.225. The predicted octanol–water partition coefficient (Wildman–Crippen LogP) is 7.56. The van der Waals surface area contributed by atoms with Crippen LogP contribution in [0.15, 0.2) is 60.7 Å². The second-order valence-electron chi connectivity index (χ2n) is 14.4. The molecule has 51 heavy (non-hydrogen) atoms. The molecule has 2 N–H and O–H groups in total. The summed E-state index contributed by atoms with van der Waals surface area (Å²) in [6, 6.07) is 21.3. The molecule has 4 fully saturated rings. The van der Waals surface area contributed by atoms with Gasteiger partial charge in [0, 0.05) is 35.5 Å². The van der Waals surface area contributed by atoms with Crippen molar-refractivity contribution in [2.45, 2.75) is 70.2 Å². The summed E-state index contributed by atoms with van der Waals surface area (Å²) in [7, 11) is 0. The highest BCUT2D eigenvalue weighted by Gasteiger charge is 2.52. The van der Waals surface area contributed by atoms with E-state index in [2.05, 4.69) is 16.4 Å². The van der Waals surface area contributed by atoms with Gasteiger partial charge < -0.3 is 24.0 Å². The number of nitriles is 1. The molecular formula is C39H36N6O5S. The van der Waals surface area contributed by atoms with Crippen LogP contribution in [0.3, 0.4) is 0 Å². The van der Waals surface area contributed by atoms with Crippen LogP contribution in [0.25, 0.3) is 21.3 Å². The number of thiazole rings is 1. The lowest BCUT2D eigenvalue weighted by atomic mass is 9.62. The summed E-state index contributed by atoms with van der Waals surface area (Å²) in [5, 5.41) is 23.5. The van der Waals surface area contributed by atoms with Crippen LogP contribution < -0.4 is 15.0 Å². The van der Waals surface area contributed by atoms with E-state index in [0.29, 0.717) is 77.3 Å². The number of hydrogen-bond donors (Lipinski definition) is 2. The summed E-state index contributed by atoms with van der Waals surface area (Å²) in [4.78, 5) is 36.9. The highest BCUT2D eigenvalue weighted by molar-refractivity contribution is 7.22. The Morgan fingerprint density at radius 2 is 1.90 bits per heavy atom. The summed E-state index contributed by atoms with van der Waals surface area (Å²) in [5.41, 5.74) is 5.59. The van der Waals surface area contributed by atoms with Crippen molar-refractivity contribution < 1.29 is 24.2 Å². The van der Waals surface area contributed by atoms with Gasteiger partial charge in [-0.1, -0.05) is 35.6 Å². The van der Waals surface area contributed by atoms with E-state index >= 15 is 0 Å². The topological polar surface area (TPSA) is 143 Å². The molecule has 5 aromatic rings. The van der Waals surface area contributed by atoms with Crippen molar-refractivity contribution >= 4 is 44.6 Å². The number of anilines is 2. The molecule has 0 radical (unpaired) electrons. The molecule has 10 rings (SSSR count). The van der Waals surface area contributed by atoms with E-state index in [9.17, 15) is 20.0 Å². The van der Waals surface area contributed by atoms with Crippen LogP contribution >= 0.6 is 11.3 Å². The Morgan fingerprint density at radius 1 is 1.08 bits per heavy atom. The first-order valence-electron chi connectivity index (χ1n) is 17.5. The molecule has 2 unspecified atom stereocenters. The Kier molecular flexibility index (Phi) is 7.59. The molecule has 2 saturated carbocycles. The van der Waals surface area contributed by atoms with Crippen LogP contribution in [0.2, 0.25) is 0 Å². The number of rotatable bonds is 7. The number of aromatic nitrogens is 3. The van der Waals surface area contributed by atoms with E-state index in [1.807, 2.05) is 71.0 Å². The van der Waals surface area contributed by atoms with Crippen LogP contribution in [0.4, 0.5) is 15.7 Å². The smallest absolute Gasteiger partial charge is 0.449 e. The quantitative estimate of drug-likeness (QED) is 0.165. The SMILES string of the molecule is Cc1c(-c2ccc(N3CCc4cccc(C(=O)Nc5nc6ccccc6s5)c4C3)nc2OC(=O)O)cc(C#N)n1CC12CC3CC(CC(C3)O1)C2. The molecular weight excluding hydrogens is 665 g/mol. The fourth-order valence-electron chi connectivity index (χ4n) is 9.24. The fraction of sp³-hybridized carbons (Fsp3) is 0.359. The lowest BCUT2D eigenvalue weighted by Gasteiger charge is -2.56. The zero-order valence-corrected chi connectivity index (χ0v) is 28.9. The number of carboxylic acid groups (broad SMARTS) is 1. The molecule has 12 heteroatoms. The summed E-state index contributed by atoms with van der Waals surface area (Å²) in [6.45, 7) is 3.57. The third kappa shape index (κ3) is 5.70. The Hall–Kier alpha value is -5.25. The minimum atomic E-state index is -1.47. The maximum atomic E-state index is 13.6. The van der Waals surface area contributed by atoms with E-state index < -0.39 is 6.16 Å². The third-order valence-electron chi connectivity index (χ3n) is 11.2. The largest absolute Gasteiger partial charge is 0.512 e. The van der Waals surface area contributed by atoms with Crippen LogP contribution in [-0.2, 0) is 24.2 Å². The van der Waals surface area contributed by atoms with E-state index in [1.165, 1.54) is 17.8 Å². The summed E-state index contributed by atoms with van der Waals surface area (Å²) in [6.07, 6.45) is 5.06. The van der Waals surface area contributed by atoms with E-state index in [-0.39, 0.29) is 17.4 Å². The number of hydrogen-bond acceptors (Lipinski definition) is 9.